The molecule has 0 fully saturated rings. The Kier molecular flexibility index (Phi) is 3.47. The highest BCUT2D eigenvalue weighted by molar-refractivity contribution is 5.93. The van der Waals surface area contributed by atoms with E-state index in [1.807, 2.05) is 25.1 Å². The zero-order chi connectivity index (χ0) is 12.3. The van der Waals surface area contributed by atoms with E-state index in [0.717, 1.165) is 29.7 Å². The zero-order valence-electron chi connectivity index (χ0n) is 10.2. The van der Waals surface area contributed by atoms with Crippen LogP contribution in [-0.2, 0) is 16.0 Å². The maximum atomic E-state index is 11.4. The number of fused-ring (bicyclic) bond motifs is 1. The third kappa shape index (κ3) is 2.49. The second-order valence-corrected chi connectivity index (χ2v) is 3.94. The topological polar surface area (TPSA) is 35.5 Å². The summed E-state index contributed by atoms with van der Waals surface area (Å²) in [4.78, 5) is 11.4. The van der Waals surface area contributed by atoms with E-state index in [0.29, 0.717) is 6.61 Å². The number of carbonyl (C=O) groups excluding carboxylic acids is 1. The van der Waals surface area contributed by atoms with E-state index < -0.39 is 0 Å². The molecule has 0 atom stereocenters. The van der Waals surface area contributed by atoms with Gasteiger partial charge in [0, 0.05) is 6.08 Å². The van der Waals surface area contributed by atoms with Crippen LogP contribution < -0.4 is 4.74 Å². The number of aryl methyl sites for hydroxylation is 1. The van der Waals surface area contributed by atoms with Gasteiger partial charge in [-0.15, -0.1) is 0 Å². The number of esters is 1. The van der Waals surface area contributed by atoms with E-state index in [9.17, 15) is 4.79 Å². The Hall–Kier alpha value is -1.77. The number of hydrogen-bond acceptors (Lipinski definition) is 3. The Labute approximate surface area is 101 Å². The fraction of sp³-hybridized carbons (Fsp3) is 0.357. The first-order valence-corrected chi connectivity index (χ1v) is 5.79. The first kappa shape index (κ1) is 11.7. The lowest BCUT2D eigenvalue weighted by atomic mass is 10.1. The van der Waals surface area contributed by atoms with Crippen molar-refractivity contribution in [1.82, 2.24) is 0 Å². The molecule has 1 aromatic carbocycles. The molecule has 90 valence electrons. The number of rotatable bonds is 3. The van der Waals surface area contributed by atoms with Gasteiger partial charge in [0.15, 0.2) is 0 Å². The first-order chi connectivity index (χ1) is 8.24. The van der Waals surface area contributed by atoms with Crippen molar-refractivity contribution in [2.75, 3.05) is 13.7 Å². The molecule has 0 heterocycles. The summed E-state index contributed by atoms with van der Waals surface area (Å²) in [5.41, 5.74) is 3.43. The first-order valence-electron chi connectivity index (χ1n) is 5.79. The summed E-state index contributed by atoms with van der Waals surface area (Å²) in [7, 11) is 1.66. The summed E-state index contributed by atoms with van der Waals surface area (Å²) in [6, 6.07) is 5.96. The summed E-state index contributed by atoms with van der Waals surface area (Å²) in [6.45, 7) is 2.22. The quantitative estimate of drug-likeness (QED) is 0.593. The zero-order valence-corrected chi connectivity index (χ0v) is 10.2. The average molecular weight is 232 g/mol. The van der Waals surface area contributed by atoms with Crippen LogP contribution in [0.3, 0.4) is 0 Å². The molecule has 0 saturated heterocycles. The van der Waals surface area contributed by atoms with Crippen LogP contribution in [0.4, 0.5) is 0 Å². The van der Waals surface area contributed by atoms with Crippen molar-refractivity contribution in [2.24, 2.45) is 0 Å². The van der Waals surface area contributed by atoms with Crippen molar-refractivity contribution in [3.05, 3.63) is 35.4 Å². The average Bonchev–Trinajstić information content (AvgIpc) is 2.72. The van der Waals surface area contributed by atoms with Crippen LogP contribution in [0, 0.1) is 0 Å². The number of carbonyl (C=O) groups is 1. The standard InChI is InChI=1S/C14H16O3/c1-3-17-14(15)9-11-5-4-10-8-12(16-2)6-7-13(10)11/h6-9H,3-5H2,1-2H3/b11-9+. The van der Waals surface area contributed by atoms with Gasteiger partial charge in [0.2, 0.25) is 0 Å². The Morgan fingerprint density at radius 2 is 2.24 bits per heavy atom. The lowest BCUT2D eigenvalue weighted by Gasteiger charge is -2.04. The highest BCUT2D eigenvalue weighted by Gasteiger charge is 2.17. The highest BCUT2D eigenvalue weighted by Crippen LogP contribution is 2.34. The van der Waals surface area contributed by atoms with Gasteiger partial charge in [-0.05, 0) is 48.6 Å². The molecule has 17 heavy (non-hydrogen) atoms. The second kappa shape index (κ2) is 5.04. The van der Waals surface area contributed by atoms with Crippen LogP contribution in [0.2, 0.25) is 0 Å². The van der Waals surface area contributed by atoms with Gasteiger partial charge in [-0.3, -0.25) is 0 Å². The van der Waals surface area contributed by atoms with Gasteiger partial charge in [0.05, 0.1) is 13.7 Å². The molecule has 3 heteroatoms. The van der Waals surface area contributed by atoms with Gasteiger partial charge in [0.1, 0.15) is 5.75 Å². The van der Waals surface area contributed by atoms with Gasteiger partial charge in [-0.2, -0.15) is 0 Å². The lowest BCUT2D eigenvalue weighted by molar-refractivity contribution is -0.137. The molecule has 2 rings (SSSR count). The Morgan fingerprint density at radius 1 is 1.41 bits per heavy atom. The summed E-state index contributed by atoms with van der Waals surface area (Å²) in [5.74, 6) is 0.604. The number of ether oxygens (including phenoxy) is 2. The third-order valence-electron chi connectivity index (χ3n) is 2.90. The van der Waals surface area contributed by atoms with Crippen LogP contribution in [0.15, 0.2) is 24.3 Å². The minimum atomic E-state index is -0.258. The van der Waals surface area contributed by atoms with Gasteiger partial charge < -0.3 is 9.47 Å². The van der Waals surface area contributed by atoms with Crippen LogP contribution >= 0.6 is 0 Å². The minimum Gasteiger partial charge on any atom is -0.497 e. The molecule has 1 aromatic rings. The maximum Gasteiger partial charge on any atom is 0.331 e. The molecular weight excluding hydrogens is 216 g/mol. The fourth-order valence-corrected chi connectivity index (χ4v) is 2.10. The van der Waals surface area contributed by atoms with Crippen molar-refractivity contribution in [3.8, 4) is 5.75 Å². The molecule has 0 bridgehead atoms. The molecule has 0 unspecified atom stereocenters. The molecule has 0 aliphatic heterocycles. The number of allylic oxidation sites excluding steroid dienone is 1. The number of benzene rings is 1. The van der Waals surface area contributed by atoms with Crippen molar-refractivity contribution in [3.63, 3.8) is 0 Å². The summed E-state index contributed by atoms with van der Waals surface area (Å²) in [5, 5.41) is 0. The monoisotopic (exact) mass is 232 g/mol. The maximum absolute atomic E-state index is 11.4. The highest BCUT2D eigenvalue weighted by atomic mass is 16.5. The van der Waals surface area contributed by atoms with Crippen molar-refractivity contribution < 1.29 is 14.3 Å². The molecule has 0 saturated carbocycles. The Balaban J connectivity index is 2.25. The largest absolute Gasteiger partial charge is 0.497 e. The van der Waals surface area contributed by atoms with Crippen LogP contribution in [-0.4, -0.2) is 19.7 Å². The predicted molar refractivity (Wildman–Crippen MR) is 65.9 cm³/mol. The Bertz CT molecular complexity index is 461. The molecule has 3 nitrogen and oxygen atoms in total. The SMILES string of the molecule is CCOC(=O)/C=C1\CCc2cc(OC)ccc21. The van der Waals surface area contributed by atoms with E-state index in [4.69, 9.17) is 9.47 Å². The fourth-order valence-electron chi connectivity index (χ4n) is 2.10. The molecular formula is C14H16O3. The third-order valence-corrected chi connectivity index (χ3v) is 2.90. The summed E-state index contributed by atoms with van der Waals surface area (Å²) >= 11 is 0. The number of methoxy groups -OCH3 is 1. The van der Waals surface area contributed by atoms with E-state index in [1.54, 1.807) is 13.2 Å². The molecule has 0 N–H and O–H groups in total. The normalized spacial score (nSPS) is 15.8. The van der Waals surface area contributed by atoms with Crippen molar-refractivity contribution in [2.45, 2.75) is 19.8 Å². The molecule has 0 amide bonds. The van der Waals surface area contributed by atoms with E-state index in [2.05, 4.69) is 0 Å². The van der Waals surface area contributed by atoms with Gasteiger partial charge in [-0.25, -0.2) is 4.79 Å². The van der Waals surface area contributed by atoms with Crippen molar-refractivity contribution >= 4 is 11.5 Å². The van der Waals surface area contributed by atoms with Crippen LogP contribution in [0.1, 0.15) is 24.5 Å². The second-order valence-electron chi connectivity index (χ2n) is 3.94. The van der Waals surface area contributed by atoms with Gasteiger partial charge in [-0.1, -0.05) is 6.07 Å². The van der Waals surface area contributed by atoms with Crippen molar-refractivity contribution in [1.29, 1.82) is 0 Å². The number of hydrogen-bond donors (Lipinski definition) is 0. The van der Waals surface area contributed by atoms with Gasteiger partial charge >= 0.3 is 5.97 Å². The molecule has 0 spiro atoms. The lowest BCUT2D eigenvalue weighted by Crippen LogP contribution is -2.00. The van der Waals surface area contributed by atoms with Crippen LogP contribution in [0.25, 0.3) is 5.57 Å². The predicted octanol–water partition coefficient (Wildman–Crippen LogP) is 2.59. The molecule has 0 radical (unpaired) electrons. The smallest absolute Gasteiger partial charge is 0.331 e. The summed E-state index contributed by atoms with van der Waals surface area (Å²) < 4.78 is 10.1. The molecule has 1 aliphatic rings. The summed E-state index contributed by atoms with van der Waals surface area (Å²) in [6.07, 6.45) is 3.45. The van der Waals surface area contributed by atoms with Gasteiger partial charge in [0.25, 0.3) is 0 Å². The van der Waals surface area contributed by atoms with E-state index in [-0.39, 0.29) is 5.97 Å². The molecule has 1 aliphatic carbocycles. The minimum absolute atomic E-state index is 0.258. The molecule has 0 aromatic heterocycles. The van der Waals surface area contributed by atoms with Crippen LogP contribution in [0.5, 0.6) is 5.75 Å². The Morgan fingerprint density at radius 3 is 2.94 bits per heavy atom. The van der Waals surface area contributed by atoms with E-state index in [1.165, 1.54) is 5.56 Å². The van der Waals surface area contributed by atoms with E-state index >= 15 is 0 Å².